The number of fused-ring (bicyclic) bond motifs is 1. The number of nitrogens with zero attached hydrogens (tertiary/aromatic N) is 3. The summed E-state index contributed by atoms with van der Waals surface area (Å²) in [4.78, 5) is 19.8. The molecule has 0 N–H and O–H groups in total. The molecular weight excluding hydrogens is 318 g/mol. The summed E-state index contributed by atoms with van der Waals surface area (Å²) in [7, 11) is 3.38. The Labute approximate surface area is 148 Å². The number of rotatable bonds is 3. The lowest BCUT2D eigenvalue weighted by Crippen LogP contribution is -2.45. The van der Waals surface area contributed by atoms with Crippen LogP contribution in [-0.2, 0) is 9.63 Å². The van der Waals surface area contributed by atoms with E-state index in [1.54, 1.807) is 25.3 Å². The van der Waals surface area contributed by atoms with E-state index in [0.717, 1.165) is 28.9 Å². The molecule has 0 aliphatic carbocycles. The topological polar surface area (TPSA) is 65.8 Å². The Morgan fingerprint density at radius 3 is 2.68 bits per heavy atom. The minimum Gasteiger partial charge on any atom is -0.481 e. The third-order valence-electron chi connectivity index (χ3n) is 4.88. The van der Waals surface area contributed by atoms with Crippen molar-refractivity contribution in [3.8, 4) is 11.8 Å². The fraction of sp³-hybridized carbons (Fsp3) is 0.474. The first-order chi connectivity index (χ1) is 11.8. The zero-order valence-electron chi connectivity index (χ0n) is 15.3. The monoisotopic (exact) mass is 341 g/mol. The van der Waals surface area contributed by atoms with Gasteiger partial charge in [0.15, 0.2) is 0 Å². The number of likely N-dealkylation sites (tertiary alicyclic amines) is 1. The van der Waals surface area contributed by atoms with Crippen molar-refractivity contribution in [1.82, 2.24) is 9.96 Å². The summed E-state index contributed by atoms with van der Waals surface area (Å²) >= 11 is 0. The molecule has 1 saturated heterocycles. The lowest BCUT2D eigenvalue weighted by molar-refractivity contribution is -0.125. The van der Waals surface area contributed by atoms with E-state index in [-0.39, 0.29) is 5.91 Å². The van der Waals surface area contributed by atoms with Crippen LogP contribution in [0.5, 0.6) is 5.75 Å². The predicted octanol–water partition coefficient (Wildman–Crippen LogP) is 2.82. The van der Waals surface area contributed by atoms with E-state index >= 15 is 0 Å². The summed E-state index contributed by atoms with van der Waals surface area (Å²) in [5.41, 5.74) is 3.06. The van der Waals surface area contributed by atoms with Gasteiger partial charge < -0.3 is 9.64 Å². The zero-order chi connectivity index (χ0) is 18.4. The van der Waals surface area contributed by atoms with Gasteiger partial charge >= 0.3 is 0 Å². The Hall–Kier alpha value is -2.52. The first-order valence-electron chi connectivity index (χ1n) is 8.38. The molecule has 0 spiro atoms. The van der Waals surface area contributed by atoms with Crippen LogP contribution in [0.2, 0.25) is 0 Å². The van der Waals surface area contributed by atoms with Crippen LogP contribution in [0, 0.1) is 18.3 Å². The van der Waals surface area contributed by atoms with Crippen LogP contribution < -0.4 is 4.74 Å². The second-order valence-corrected chi connectivity index (χ2v) is 6.86. The highest BCUT2D eigenvalue weighted by molar-refractivity contribution is 5.92. The zero-order valence-corrected chi connectivity index (χ0v) is 15.3. The Morgan fingerprint density at radius 1 is 1.40 bits per heavy atom. The number of likely N-dealkylation sites (N-methyl/N-ethyl adjacent to an activating group) is 1. The SMILES string of the molecule is CON(C)C1=C(N2CCCC2=O)c2c(ccc(C#N)c2C)OC1(C)C. The average Bonchev–Trinajstić information content (AvgIpc) is 2.98. The Morgan fingerprint density at radius 2 is 2.12 bits per heavy atom. The van der Waals surface area contributed by atoms with Crippen molar-refractivity contribution < 1.29 is 14.4 Å². The van der Waals surface area contributed by atoms with E-state index in [9.17, 15) is 10.1 Å². The normalized spacial score (nSPS) is 18.7. The molecule has 6 heteroatoms. The number of carbonyl (C=O) groups is 1. The maximum atomic E-state index is 12.5. The highest BCUT2D eigenvalue weighted by Gasteiger charge is 2.43. The third kappa shape index (κ3) is 2.65. The van der Waals surface area contributed by atoms with E-state index in [1.807, 2.05) is 31.7 Å². The van der Waals surface area contributed by atoms with Gasteiger partial charge in [0.2, 0.25) is 5.91 Å². The van der Waals surface area contributed by atoms with Crippen LogP contribution in [-0.4, -0.2) is 42.2 Å². The van der Waals surface area contributed by atoms with Gasteiger partial charge in [0, 0.05) is 25.6 Å². The van der Waals surface area contributed by atoms with Crippen LogP contribution in [0.25, 0.3) is 5.70 Å². The van der Waals surface area contributed by atoms with Gasteiger partial charge in [0.05, 0.1) is 24.4 Å². The molecule has 0 aromatic heterocycles. The number of hydroxylamine groups is 2. The summed E-state index contributed by atoms with van der Waals surface area (Å²) in [6.45, 7) is 6.45. The van der Waals surface area contributed by atoms with Gasteiger partial charge in [-0.3, -0.25) is 14.7 Å². The molecule has 2 heterocycles. The van der Waals surface area contributed by atoms with E-state index in [2.05, 4.69) is 6.07 Å². The molecule has 1 aromatic rings. The van der Waals surface area contributed by atoms with Crippen LogP contribution in [0.3, 0.4) is 0 Å². The average molecular weight is 341 g/mol. The van der Waals surface area contributed by atoms with Crippen molar-refractivity contribution in [3.63, 3.8) is 0 Å². The fourth-order valence-electron chi connectivity index (χ4n) is 3.68. The second kappa shape index (κ2) is 6.08. The first kappa shape index (κ1) is 17.3. The molecule has 0 bridgehead atoms. The van der Waals surface area contributed by atoms with Crippen molar-refractivity contribution in [3.05, 3.63) is 34.5 Å². The first-order valence-corrected chi connectivity index (χ1v) is 8.38. The van der Waals surface area contributed by atoms with Crippen LogP contribution >= 0.6 is 0 Å². The summed E-state index contributed by atoms with van der Waals surface area (Å²) in [6, 6.07) is 5.79. The molecule has 1 fully saturated rings. The van der Waals surface area contributed by atoms with Crippen LogP contribution in [0.15, 0.2) is 17.8 Å². The van der Waals surface area contributed by atoms with Crippen molar-refractivity contribution in [2.75, 3.05) is 20.7 Å². The van der Waals surface area contributed by atoms with Crippen LogP contribution in [0.1, 0.15) is 43.4 Å². The molecule has 1 amide bonds. The van der Waals surface area contributed by atoms with E-state index in [0.29, 0.717) is 24.3 Å². The largest absolute Gasteiger partial charge is 0.481 e. The summed E-state index contributed by atoms with van der Waals surface area (Å²) in [5, 5.41) is 11.1. The summed E-state index contributed by atoms with van der Waals surface area (Å²) in [6.07, 6.45) is 1.35. The molecule has 0 radical (unpaired) electrons. The smallest absolute Gasteiger partial charge is 0.227 e. The summed E-state index contributed by atoms with van der Waals surface area (Å²) < 4.78 is 6.23. The number of hydrogen-bond acceptors (Lipinski definition) is 5. The molecule has 0 unspecified atom stereocenters. The Bertz CT molecular complexity index is 805. The minimum atomic E-state index is -0.684. The molecule has 0 saturated carbocycles. The van der Waals surface area contributed by atoms with E-state index < -0.39 is 5.60 Å². The van der Waals surface area contributed by atoms with Crippen molar-refractivity contribution in [2.24, 2.45) is 0 Å². The van der Waals surface area contributed by atoms with Gasteiger partial charge in [-0.1, -0.05) is 0 Å². The van der Waals surface area contributed by atoms with Crippen molar-refractivity contribution in [2.45, 2.75) is 39.2 Å². The van der Waals surface area contributed by atoms with Crippen LogP contribution in [0.4, 0.5) is 0 Å². The molecule has 3 rings (SSSR count). The van der Waals surface area contributed by atoms with Gasteiger partial charge in [0.1, 0.15) is 17.0 Å². The van der Waals surface area contributed by atoms with Crippen molar-refractivity contribution in [1.29, 1.82) is 5.26 Å². The molecule has 2 aliphatic heterocycles. The molecule has 6 nitrogen and oxygen atoms in total. The second-order valence-electron chi connectivity index (χ2n) is 6.86. The maximum absolute atomic E-state index is 12.5. The van der Waals surface area contributed by atoms with Gasteiger partial charge in [0.25, 0.3) is 0 Å². The fourth-order valence-corrected chi connectivity index (χ4v) is 3.68. The summed E-state index contributed by atoms with van der Waals surface area (Å²) in [5.74, 6) is 0.770. The minimum absolute atomic E-state index is 0.0856. The Balaban J connectivity index is 2.37. The third-order valence-corrected chi connectivity index (χ3v) is 4.88. The molecule has 25 heavy (non-hydrogen) atoms. The van der Waals surface area contributed by atoms with E-state index in [1.165, 1.54) is 0 Å². The predicted molar refractivity (Wildman–Crippen MR) is 93.2 cm³/mol. The number of hydrogen-bond donors (Lipinski definition) is 0. The van der Waals surface area contributed by atoms with Gasteiger partial charge in [-0.2, -0.15) is 5.26 Å². The molecule has 132 valence electrons. The lowest BCUT2D eigenvalue weighted by Gasteiger charge is -2.42. The maximum Gasteiger partial charge on any atom is 0.227 e. The number of carbonyl (C=O) groups excluding carboxylic acids is 1. The molecule has 1 aromatic carbocycles. The highest BCUT2D eigenvalue weighted by Crippen LogP contribution is 2.46. The number of amides is 1. The lowest BCUT2D eigenvalue weighted by atomic mass is 9.90. The Kier molecular flexibility index (Phi) is 4.21. The number of nitriles is 1. The van der Waals surface area contributed by atoms with Gasteiger partial charge in [-0.25, -0.2) is 0 Å². The van der Waals surface area contributed by atoms with Gasteiger partial charge in [-0.05, 0) is 44.9 Å². The standard InChI is InChI=1S/C19H23N3O3/c1-12-13(11-20)8-9-14-16(12)17(22-10-6-7-15(22)23)18(21(4)24-5)19(2,3)25-14/h8-9H,6-7,10H2,1-5H3. The van der Waals surface area contributed by atoms with Crippen molar-refractivity contribution >= 4 is 11.6 Å². The van der Waals surface area contributed by atoms with E-state index in [4.69, 9.17) is 9.57 Å². The molecular formula is C19H23N3O3. The quantitative estimate of drug-likeness (QED) is 0.791. The molecule has 0 atom stereocenters. The number of ether oxygens (including phenoxy) is 1. The molecule has 2 aliphatic rings. The van der Waals surface area contributed by atoms with Gasteiger partial charge in [-0.15, -0.1) is 0 Å². The highest BCUT2D eigenvalue weighted by atomic mass is 16.7. The number of benzene rings is 1.